The van der Waals surface area contributed by atoms with Gasteiger partial charge in [-0.15, -0.1) is 0 Å². The molecule has 0 aliphatic heterocycles. The fourth-order valence-corrected chi connectivity index (χ4v) is 1.76. The number of aryl methyl sites for hydroxylation is 2. The Morgan fingerprint density at radius 1 is 1.39 bits per heavy atom. The Hall–Kier alpha value is -1.69. The number of hydrogen-bond donors (Lipinski definition) is 1. The van der Waals surface area contributed by atoms with Gasteiger partial charge >= 0.3 is 0 Å². The highest BCUT2D eigenvalue weighted by Crippen LogP contribution is 2.25. The molecule has 0 saturated carbocycles. The molecule has 0 spiro atoms. The maximum atomic E-state index is 6.23. The summed E-state index contributed by atoms with van der Waals surface area (Å²) < 4.78 is 7.02. The largest absolute Gasteiger partial charge is 0.332 e. The first-order valence-electron chi connectivity index (χ1n) is 6.14. The van der Waals surface area contributed by atoms with Gasteiger partial charge in [-0.3, -0.25) is 4.68 Å². The van der Waals surface area contributed by atoms with Crippen molar-refractivity contribution in [1.29, 1.82) is 0 Å². The Morgan fingerprint density at radius 2 is 2.06 bits per heavy atom. The molecule has 2 aromatic rings. The second kappa shape index (κ2) is 4.53. The standard InChI is InChI=1S/C12H19N5O/c1-5-12(13,6-2)11-14-10(18-16-11)9-7-8(3)17(4)15-9/h7H,5-6,13H2,1-4H3. The highest BCUT2D eigenvalue weighted by atomic mass is 16.5. The van der Waals surface area contributed by atoms with Crippen LogP contribution in [0.1, 0.15) is 38.2 Å². The van der Waals surface area contributed by atoms with Gasteiger partial charge in [0.15, 0.2) is 11.5 Å². The van der Waals surface area contributed by atoms with Crippen LogP contribution in [0.25, 0.3) is 11.6 Å². The molecule has 0 saturated heterocycles. The van der Waals surface area contributed by atoms with E-state index < -0.39 is 5.54 Å². The van der Waals surface area contributed by atoms with Crippen LogP contribution in [0.2, 0.25) is 0 Å². The maximum absolute atomic E-state index is 6.23. The molecule has 0 unspecified atom stereocenters. The van der Waals surface area contributed by atoms with Crippen LogP contribution in [0.3, 0.4) is 0 Å². The summed E-state index contributed by atoms with van der Waals surface area (Å²) in [6.45, 7) is 6.01. The van der Waals surface area contributed by atoms with Gasteiger partial charge < -0.3 is 10.3 Å². The predicted octanol–water partition coefficient (Wildman–Crippen LogP) is 1.75. The lowest BCUT2D eigenvalue weighted by molar-refractivity contribution is 0.350. The third-order valence-electron chi connectivity index (χ3n) is 3.47. The van der Waals surface area contributed by atoms with Gasteiger partial charge in [0.05, 0.1) is 5.54 Å². The van der Waals surface area contributed by atoms with Crippen molar-refractivity contribution in [3.05, 3.63) is 17.6 Å². The van der Waals surface area contributed by atoms with Crippen LogP contribution >= 0.6 is 0 Å². The molecule has 6 nitrogen and oxygen atoms in total. The van der Waals surface area contributed by atoms with Crippen LogP contribution in [-0.2, 0) is 12.6 Å². The van der Waals surface area contributed by atoms with Crippen molar-refractivity contribution in [2.24, 2.45) is 12.8 Å². The van der Waals surface area contributed by atoms with Crippen molar-refractivity contribution in [2.75, 3.05) is 0 Å². The second-order valence-corrected chi connectivity index (χ2v) is 4.58. The van der Waals surface area contributed by atoms with E-state index in [9.17, 15) is 0 Å². The van der Waals surface area contributed by atoms with Gasteiger partial charge in [0.1, 0.15) is 0 Å². The van der Waals surface area contributed by atoms with Crippen LogP contribution in [-0.4, -0.2) is 19.9 Å². The zero-order chi connectivity index (χ0) is 13.3. The van der Waals surface area contributed by atoms with E-state index in [0.717, 1.165) is 18.5 Å². The number of rotatable bonds is 4. The van der Waals surface area contributed by atoms with E-state index in [1.165, 1.54) is 0 Å². The van der Waals surface area contributed by atoms with E-state index in [2.05, 4.69) is 15.2 Å². The minimum absolute atomic E-state index is 0.422. The summed E-state index contributed by atoms with van der Waals surface area (Å²) in [5.41, 5.74) is 7.43. The molecule has 18 heavy (non-hydrogen) atoms. The molecule has 2 N–H and O–H groups in total. The van der Waals surface area contributed by atoms with E-state index >= 15 is 0 Å². The second-order valence-electron chi connectivity index (χ2n) is 4.58. The summed E-state index contributed by atoms with van der Waals surface area (Å²) >= 11 is 0. The molecule has 0 aliphatic carbocycles. The third kappa shape index (κ3) is 2.03. The molecular weight excluding hydrogens is 230 g/mol. The SMILES string of the molecule is CCC(N)(CC)c1noc(-c2cc(C)n(C)n2)n1. The van der Waals surface area contributed by atoms with Crippen LogP contribution in [0.15, 0.2) is 10.6 Å². The first-order valence-corrected chi connectivity index (χ1v) is 6.14. The molecule has 0 amide bonds. The molecule has 0 aliphatic rings. The summed E-state index contributed by atoms with van der Waals surface area (Å²) in [7, 11) is 1.88. The lowest BCUT2D eigenvalue weighted by Gasteiger charge is -2.21. The molecule has 2 rings (SSSR count). The maximum Gasteiger partial charge on any atom is 0.278 e. The Morgan fingerprint density at radius 3 is 2.56 bits per heavy atom. The summed E-state index contributed by atoms with van der Waals surface area (Å²) in [6.07, 6.45) is 1.54. The molecule has 2 aromatic heterocycles. The van der Waals surface area contributed by atoms with Gasteiger partial charge in [0, 0.05) is 12.7 Å². The lowest BCUT2D eigenvalue weighted by atomic mass is 9.93. The van der Waals surface area contributed by atoms with E-state index in [0.29, 0.717) is 17.4 Å². The van der Waals surface area contributed by atoms with Gasteiger partial charge in [-0.25, -0.2) is 0 Å². The third-order valence-corrected chi connectivity index (χ3v) is 3.47. The average Bonchev–Trinajstić information content (AvgIpc) is 2.97. The Bertz CT molecular complexity index is 519. The van der Waals surface area contributed by atoms with Gasteiger partial charge in [-0.1, -0.05) is 19.0 Å². The fraction of sp³-hybridized carbons (Fsp3) is 0.583. The van der Waals surface area contributed by atoms with Crippen LogP contribution in [0.4, 0.5) is 0 Å². The zero-order valence-corrected chi connectivity index (χ0v) is 11.3. The van der Waals surface area contributed by atoms with Crippen molar-refractivity contribution in [3.8, 4) is 11.6 Å². The number of nitrogens with two attached hydrogens (primary N) is 1. The van der Waals surface area contributed by atoms with E-state index in [4.69, 9.17) is 10.3 Å². The minimum Gasteiger partial charge on any atom is -0.332 e. The molecular formula is C12H19N5O. The summed E-state index contributed by atoms with van der Waals surface area (Å²) in [5, 5.41) is 8.29. The highest BCUT2D eigenvalue weighted by Gasteiger charge is 2.29. The molecule has 0 radical (unpaired) electrons. The zero-order valence-electron chi connectivity index (χ0n) is 11.3. The van der Waals surface area contributed by atoms with Crippen molar-refractivity contribution >= 4 is 0 Å². The molecule has 0 fully saturated rings. The molecule has 0 atom stereocenters. The average molecular weight is 249 g/mol. The van der Waals surface area contributed by atoms with Gasteiger partial charge in [0.25, 0.3) is 5.89 Å². The van der Waals surface area contributed by atoms with E-state index in [-0.39, 0.29) is 0 Å². The number of hydrogen-bond acceptors (Lipinski definition) is 5. The smallest absolute Gasteiger partial charge is 0.278 e. The van der Waals surface area contributed by atoms with Crippen molar-refractivity contribution < 1.29 is 4.52 Å². The molecule has 2 heterocycles. The minimum atomic E-state index is -0.522. The molecule has 0 bridgehead atoms. The summed E-state index contributed by atoms with van der Waals surface area (Å²) in [6, 6.07) is 1.91. The Labute approximate surface area is 106 Å². The highest BCUT2D eigenvalue weighted by molar-refractivity contribution is 5.46. The van der Waals surface area contributed by atoms with Crippen molar-refractivity contribution in [1.82, 2.24) is 19.9 Å². The first-order chi connectivity index (χ1) is 8.50. The monoisotopic (exact) mass is 249 g/mol. The predicted molar refractivity (Wildman–Crippen MR) is 67.7 cm³/mol. The number of nitrogens with zero attached hydrogens (tertiary/aromatic N) is 4. The molecule has 0 aromatic carbocycles. The topological polar surface area (TPSA) is 82.8 Å². The number of aromatic nitrogens is 4. The normalized spacial score (nSPS) is 12.1. The quantitative estimate of drug-likeness (QED) is 0.892. The van der Waals surface area contributed by atoms with E-state index in [1.54, 1.807) is 4.68 Å². The lowest BCUT2D eigenvalue weighted by Crippen LogP contribution is -2.36. The summed E-state index contributed by atoms with van der Waals surface area (Å²) in [5.74, 6) is 0.969. The van der Waals surface area contributed by atoms with Crippen LogP contribution in [0.5, 0.6) is 0 Å². The van der Waals surface area contributed by atoms with Crippen LogP contribution < -0.4 is 5.73 Å². The Kier molecular flexibility index (Phi) is 3.21. The van der Waals surface area contributed by atoms with Crippen molar-refractivity contribution in [2.45, 2.75) is 39.2 Å². The molecule has 6 heteroatoms. The fourth-order valence-electron chi connectivity index (χ4n) is 1.76. The van der Waals surface area contributed by atoms with E-state index in [1.807, 2.05) is 33.9 Å². The van der Waals surface area contributed by atoms with Gasteiger partial charge in [-0.05, 0) is 25.8 Å². The first kappa shape index (κ1) is 12.8. The Balaban J connectivity index is 2.36. The van der Waals surface area contributed by atoms with Crippen LogP contribution in [0, 0.1) is 6.92 Å². The molecule has 98 valence electrons. The van der Waals surface area contributed by atoms with Crippen molar-refractivity contribution in [3.63, 3.8) is 0 Å². The van der Waals surface area contributed by atoms with Gasteiger partial charge in [-0.2, -0.15) is 10.1 Å². The van der Waals surface area contributed by atoms with Gasteiger partial charge in [0.2, 0.25) is 0 Å². The summed E-state index contributed by atoms with van der Waals surface area (Å²) in [4.78, 5) is 4.37.